The molecule has 0 saturated carbocycles. The first kappa shape index (κ1) is 10.8. The summed E-state index contributed by atoms with van der Waals surface area (Å²) in [5.41, 5.74) is 5.89. The first-order chi connectivity index (χ1) is 6.70. The Bertz CT molecular complexity index is 324. The van der Waals surface area contributed by atoms with Gasteiger partial charge in [-0.15, -0.1) is 0 Å². The molecule has 0 radical (unpaired) electrons. The van der Waals surface area contributed by atoms with Crippen molar-refractivity contribution in [3.05, 3.63) is 5.56 Å². The zero-order chi connectivity index (χ0) is 10.6. The van der Waals surface area contributed by atoms with Gasteiger partial charge in [-0.25, -0.2) is 4.79 Å². The summed E-state index contributed by atoms with van der Waals surface area (Å²) >= 11 is 1.17. The molecular formula is C8H13N3O2S. The van der Waals surface area contributed by atoms with E-state index in [4.69, 9.17) is 5.73 Å². The SMILES string of the molecule is CCCNc1snc(N)c1C(=O)OC. The minimum absolute atomic E-state index is 0.223. The van der Waals surface area contributed by atoms with Crippen LogP contribution >= 0.6 is 11.5 Å². The Labute approximate surface area is 86.4 Å². The molecule has 0 saturated heterocycles. The van der Waals surface area contributed by atoms with Crippen LogP contribution in [0.4, 0.5) is 10.8 Å². The van der Waals surface area contributed by atoms with Gasteiger partial charge in [-0.2, -0.15) is 4.37 Å². The van der Waals surface area contributed by atoms with Crippen LogP contribution < -0.4 is 11.1 Å². The monoisotopic (exact) mass is 215 g/mol. The van der Waals surface area contributed by atoms with E-state index in [0.29, 0.717) is 10.6 Å². The van der Waals surface area contributed by atoms with E-state index in [1.54, 1.807) is 0 Å². The lowest BCUT2D eigenvalue weighted by molar-refractivity contribution is 0.0603. The Morgan fingerprint density at radius 1 is 1.71 bits per heavy atom. The summed E-state index contributed by atoms with van der Waals surface area (Å²) in [4.78, 5) is 11.3. The van der Waals surface area contributed by atoms with Crippen LogP contribution in [0.3, 0.4) is 0 Å². The van der Waals surface area contributed by atoms with Crippen LogP contribution in [0.1, 0.15) is 23.7 Å². The van der Waals surface area contributed by atoms with Crippen molar-refractivity contribution in [3.63, 3.8) is 0 Å². The molecule has 0 atom stereocenters. The standard InChI is InChI=1S/C8H13N3O2S/c1-3-4-10-7-5(8(12)13-2)6(9)11-14-7/h10H,3-4H2,1-2H3,(H2,9,11). The van der Waals surface area contributed by atoms with Gasteiger partial charge >= 0.3 is 5.97 Å². The minimum Gasteiger partial charge on any atom is -0.465 e. The fourth-order valence-corrected chi connectivity index (χ4v) is 1.69. The highest BCUT2D eigenvalue weighted by molar-refractivity contribution is 7.11. The first-order valence-corrected chi connectivity index (χ1v) is 5.05. The van der Waals surface area contributed by atoms with Crippen LogP contribution in [0.5, 0.6) is 0 Å². The molecule has 5 nitrogen and oxygen atoms in total. The lowest BCUT2D eigenvalue weighted by atomic mass is 10.3. The van der Waals surface area contributed by atoms with Crippen LogP contribution in [0.25, 0.3) is 0 Å². The number of rotatable bonds is 4. The quantitative estimate of drug-likeness (QED) is 0.741. The number of carbonyl (C=O) groups excluding carboxylic acids is 1. The second-order valence-corrected chi connectivity index (χ2v) is 3.46. The molecule has 1 aromatic heterocycles. The van der Waals surface area contributed by atoms with Crippen LogP contribution in [-0.2, 0) is 4.74 Å². The van der Waals surface area contributed by atoms with Crippen LogP contribution in [0.2, 0.25) is 0 Å². The van der Waals surface area contributed by atoms with Gasteiger partial charge < -0.3 is 15.8 Å². The fourth-order valence-electron chi connectivity index (χ4n) is 0.961. The zero-order valence-electron chi connectivity index (χ0n) is 8.16. The second-order valence-electron chi connectivity index (χ2n) is 2.69. The van der Waals surface area contributed by atoms with E-state index in [1.165, 1.54) is 18.6 Å². The van der Waals surface area contributed by atoms with Gasteiger partial charge in [0.25, 0.3) is 0 Å². The largest absolute Gasteiger partial charge is 0.465 e. The number of nitrogens with two attached hydrogens (primary N) is 1. The summed E-state index contributed by atoms with van der Waals surface area (Å²) in [5.74, 6) is -0.227. The van der Waals surface area contributed by atoms with Crippen molar-refractivity contribution in [2.75, 3.05) is 24.7 Å². The zero-order valence-corrected chi connectivity index (χ0v) is 8.98. The normalized spacial score (nSPS) is 9.86. The predicted molar refractivity (Wildman–Crippen MR) is 56.6 cm³/mol. The number of hydrogen-bond acceptors (Lipinski definition) is 6. The Hall–Kier alpha value is -1.30. The minimum atomic E-state index is -0.449. The van der Waals surface area contributed by atoms with Gasteiger partial charge in [-0.05, 0) is 18.0 Å². The first-order valence-electron chi connectivity index (χ1n) is 4.28. The van der Waals surface area contributed by atoms with E-state index in [1.807, 2.05) is 6.92 Å². The molecule has 0 aliphatic rings. The van der Waals surface area contributed by atoms with Crippen LogP contribution in [-0.4, -0.2) is 24.0 Å². The molecule has 14 heavy (non-hydrogen) atoms. The summed E-state index contributed by atoms with van der Waals surface area (Å²) < 4.78 is 8.50. The maximum atomic E-state index is 11.3. The lowest BCUT2D eigenvalue weighted by Gasteiger charge is -2.03. The number of nitrogens with one attached hydrogen (secondary N) is 1. The number of esters is 1. The van der Waals surface area contributed by atoms with E-state index < -0.39 is 5.97 Å². The number of carbonyl (C=O) groups is 1. The molecule has 0 aliphatic carbocycles. The number of nitrogen functional groups attached to an aromatic ring is 1. The highest BCUT2D eigenvalue weighted by atomic mass is 32.1. The molecule has 0 amide bonds. The smallest absolute Gasteiger partial charge is 0.344 e. The summed E-state index contributed by atoms with van der Waals surface area (Å²) in [6.45, 7) is 2.82. The molecule has 1 aromatic rings. The Balaban J connectivity index is 2.88. The molecule has 0 unspecified atom stereocenters. The third kappa shape index (κ3) is 2.14. The predicted octanol–water partition coefficient (Wildman–Crippen LogP) is 1.33. The highest BCUT2D eigenvalue weighted by Gasteiger charge is 2.19. The van der Waals surface area contributed by atoms with Gasteiger partial charge in [0.05, 0.1) is 7.11 Å². The van der Waals surface area contributed by atoms with Gasteiger partial charge in [0.1, 0.15) is 10.6 Å². The number of anilines is 2. The molecule has 3 N–H and O–H groups in total. The Morgan fingerprint density at radius 2 is 2.43 bits per heavy atom. The fraction of sp³-hybridized carbons (Fsp3) is 0.500. The van der Waals surface area contributed by atoms with Gasteiger partial charge in [0.15, 0.2) is 5.82 Å². The number of methoxy groups -OCH3 is 1. The molecule has 1 heterocycles. The van der Waals surface area contributed by atoms with E-state index in [-0.39, 0.29) is 5.82 Å². The van der Waals surface area contributed by atoms with E-state index >= 15 is 0 Å². The summed E-state index contributed by atoms with van der Waals surface area (Å²) in [6, 6.07) is 0. The summed E-state index contributed by atoms with van der Waals surface area (Å²) in [5, 5.41) is 3.75. The van der Waals surface area contributed by atoms with Crippen molar-refractivity contribution in [2.45, 2.75) is 13.3 Å². The van der Waals surface area contributed by atoms with Gasteiger partial charge in [-0.1, -0.05) is 6.92 Å². The average Bonchev–Trinajstić information content (AvgIpc) is 2.55. The maximum Gasteiger partial charge on any atom is 0.344 e. The highest BCUT2D eigenvalue weighted by Crippen LogP contribution is 2.27. The molecule has 0 fully saturated rings. The molecule has 6 heteroatoms. The van der Waals surface area contributed by atoms with E-state index in [2.05, 4.69) is 14.4 Å². The topological polar surface area (TPSA) is 77.2 Å². The van der Waals surface area contributed by atoms with Gasteiger partial charge in [0, 0.05) is 6.54 Å². The lowest BCUT2D eigenvalue weighted by Crippen LogP contribution is -2.08. The molecule has 0 aliphatic heterocycles. The van der Waals surface area contributed by atoms with Crippen LogP contribution in [0.15, 0.2) is 0 Å². The summed E-state index contributed by atoms with van der Waals surface area (Å²) in [6.07, 6.45) is 0.971. The number of ether oxygens (including phenoxy) is 1. The summed E-state index contributed by atoms with van der Waals surface area (Å²) in [7, 11) is 1.32. The van der Waals surface area contributed by atoms with Crippen molar-refractivity contribution < 1.29 is 9.53 Å². The molecule has 1 rings (SSSR count). The third-order valence-corrected chi connectivity index (χ3v) is 2.46. The molecule has 78 valence electrons. The van der Waals surface area contributed by atoms with Gasteiger partial charge in [-0.3, -0.25) is 0 Å². The molecular weight excluding hydrogens is 202 g/mol. The maximum absolute atomic E-state index is 11.3. The van der Waals surface area contributed by atoms with Crippen LogP contribution in [0, 0.1) is 0 Å². The van der Waals surface area contributed by atoms with E-state index in [9.17, 15) is 4.79 Å². The molecule has 0 spiro atoms. The number of hydrogen-bond donors (Lipinski definition) is 2. The van der Waals surface area contributed by atoms with Crippen molar-refractivity contribution in [3.8, 4) is 0 Å². The number of aromatic nitrogens is 1. The Kier molecular flexibility index (Phi) is 3.70. The third-order valence-electron chi connectivity index (χ3n) is 1.64. The van der Waals surface area contributed by atoms with E-state index in [0.717, 1.165) is 13.0 Å². The molecule has 0 bridgehead atoms. The van der Waals surface area contributed by atoms with Crippen molar-refractivity contribution >= 4 is 28.3 Å². The van der Waals surface area contributed by atoms with Crippen molar-refractivity contribution in [1.82, 2.24) is 4.37 Å². The molecule has 0 aromatic carbocycles. The average molecular weight is 215 g/mol. The van der Waals surface area contributed by atoms with Crippen molar-refractivity contribution in [2.24, 2.45) is 0 Å². The second kappa shape index (κ2) is 4.80. The Morgan fingerprint density at radius 3 is 3.00 bits per heavy atom. The van der Waals surface area contributed by atoms with Gasteiger partial charge in [0.2, 0.25) is 0 Å². The van der Waals surface area contributed by atoms with Crippen molar-refractivity contribution in [1.29, 1.82) is 0 Å². The number of nitrogens with zero attached hydrogens (tertiary/aromatic N) is 1.